The molecule has 3 saturated carbocycles. The Morgan fingerprint density at radius 3 is 2.27 bits per heavy atom. The summed E-state index contributed by atoms with van der Waals surface area (Å²) in [6.07, 6.45) is 4.89. The summed E-state index contributed by atoms with van der Waals surface area (Å²) in [5.74, 6) is -2.99. The van der Waals surface area contributed by atoms with Crippen LogP contribution in [0.3, 0.4) is 0 Å². The van der Waals surface area contributed by atoms with Crippen LogP contribution in [0.5, 0.6) is 5.75 Å². The normalized spacial score (nSPS) is 26.5. The molecule has 3 aliphatic rings. The molecule has 0 spiro atoms. The Kier molecular flexibility index (Phi) is 6.77. The second kappa shape index (κ2) is 8.98. The zero-order chi connectivity index (χ0) is 21.8. The van der Waals surface area contributed by atoms with E-state index >= 15 is 0 Å². The van der Waals surface area contributed by atoms with E-state index in [1.54, 1.807) is 0 Å². The third-order valence-corrected chi connectivity index (χ3v) is 6.77. The zero-order valence-corrected chi connectivity index (χ0v) is 16.9. The summed E-state index contributed by atoms with van der Waals surface area (Å²) < 4.78 is 44.7. The number of nitrogens with one attached hydrogen (secondary N) is 1. The number of amides is 1. The predicted octanol–water partition coefficient (Wildman–Crippen LogP) is 3.21. The highest BCUT2D eigenvalue weighted by atomic mass is 19.3. The maximum Gasteiger partial charge on any atom is 0.287 e. The first-order valence-electron chi connectivity index (χ1n) is 10.3. The highest BCUT2D eigenvalue weighted by Gasteiger charge is 2.53. The van der Waals surface area contributed by atoms with Gasteiger partial charge in [-0.1, -0.05) is 12.1 Å². The van der Waals surface area contributed by atoms with Gasteiger partial charge in [-0.15, -0.1) is 0 Å². The summed E-state index contributed by atoms with van der Waals surface area (Å²) in [5, 5.41) is 11.0. The molecule has 0 saturated heterocycles. The summed E-state index contributed by atoms with van der Waals surface area (Å²) in [7, 11) is 0. The Hall–Kier alpha value is -2.06. The van der Waals surface area contributed by atoms with Crippen LogP contribution in [0.15, 0.2) is 36.2 Å². The monoisotopic (exact) mass is 426 g/mol. The molecule has 0 aromatic heterocycles. The van der Waals surface area contributed by atoms with Gasteiger partial charge in [0.05, 0.1) is 12.9 Å². The standard InChI is InChI=1S/C22H29F3N2O3/c23-11-16(12-26)13-30-18-3-1-17(2-4-18)20-5-8-21(9-6-20,10-7-20)19(29)27-14-22(24,25)15-28/h1-4,11,28H,5-10,12-15,26H2,(H,27,29). The minimum absolute atomic E-state index is 0.0170. The molecular formula is C22H29F3N2O3. The summed E-state index contributed by atoms with van der Waals surface area (Å²) in [5.41, 5.74) is 6.37. The predicted molar refractivity (Wildman–Crippen MR) is 107 cm³/mol. The summed E-state index contributed by atoms with van der Waals surface area (Å²) in [6.45, 7) is -1.91. The van der Waals surface area contributed by atoms with E-state index in [9.17, 15) is 18.0 Å². The minimum Gasteiger partial charge on any atom is -0.489 e. The lowest BCUT2D eigenvalue weighted by atomic mass is 9.51. The van der Waals surface area contributed by atoms with E-state index in [1.165, 1.54) is 5.56 Å². The van der Waals surface area contributed by atoms with E-state index < -0.39 is 24.5 Å². The van der Waals surface area contributed by atoms with Gasteiger partial charge in [0.1, 0.15) is 19.0 Å². The molecular weight excluding hydrogens is 397 g/mol. The van der Waals surface area contributed by atoms with Crippen LogP contribution in [-0.4, -0.2) is 43.2 Å². The van der Waals surface area contributed by atoms with Gasteiger partial charge in [0.2, 0.25) is 5.91 Å². The summed E-state index contributed by atoms with van der Waals surface area (Å²) >= 11 is 0. The number of carbonyl (C=O) groups excluding carboxylic acids is 1. The SMILES string of the molecule is NCC(=CF)COc1ccc(C23CCC(C(=O)NCC(F)(F)CO)(CC2)CC3)cc1. The van der Waals surface area contributed by atoms with Crippen LogP contribution in [0, 0.1) is 5.41 Å². The fourth-order valence-corrected chi connectivity index (χ4v) is 4.63. The van der Waals surface area contributed by atoms with Gasteiger partial charge in [-0.05, 0) is 61.6 Å². The fraction of sp³-hybridized carbons (Fsp3) is 0.591. The number of benzene rings is 1. The average Bonchev–Trinajstić information content (AvgIpc) is 2.79. The van der Waals surface area contributed by atoms with E-state index in [0.717, 1.165) is 19.3 Å². The van der Waals surface area contributed by atoms with Crippen LogP contribution in [0.25, 0.3) is 0 Å². The number of rotatable bonds is 9. The number of carbonyl (C=O) groups is 1. The maximum atomic E-state index is 13.3. The Labute approximate surface area is 174 Å². The molecule has 4 rings (SSSR count). The van der Waals surface area contributed by atoms with Crippen molar-refractivity contribution in [2.45, 2.75) is 49.9 Å². The van der Waals surface area contributed by atoms with Gasteiger partial charge in [0.15, 0.2) is 0 Å². The molecule has 0 atom stereocenters. The van der Waals surface area contributed by atoms with E-state index in [4.69, 9.17) is 15.6 Å². The van der Waals surface area contributed by atoms with Gasteiger partial charge in [-0.25, -0.2) is 13.2 Å². The van der Waals surface area contributed by atoms with E-state index in [1.807, 2.05) is 24.3 Å². The zero-order valence-electron chi connectivity index (χ0n) is 16.9. The van der Waals surface area contributed by atoms with Crippen LogP contribution >= 0.6 is 0 Å². The average molecular weight is 426 g/mol. The molecule has 0 heterocycles. The van der Waals surface area contributed by atoms with Gasteiger partial charge in [-0.2, -0.15) is 0 Å². The fourth-order valence-electron chi connectivity index (χ4n) is 4.63. The second-order valence-electron chi connectivity index (χ2n) is 8.54. The highest BCUT2D eigenvalue weighted by molar-refractivity contribution is 5.83. The van der Waals surface area contributed by atoms with Crippen molar-refractivity contribution < 1.29 is 27.8 Å². The topological polar surface area (TPSA) is 84.6 Å². The number of hydrogen-bond acceptors (Lipinski definition) is 4. The molecule has 5 nitrogen and oxygen atoms in total. The Morgan fingerprint density at radius 2 is 1.77 bits per heavy atom. The van der Waals surface area contributed by atoms with E-state index in [2.05, 4.69) is 5.32 Å². The van der Waals surface area contributed by atoms with Crippen molar-refractivity contribution in [3.8, 4) is 5.75 Å². The number of fused-ring (bicyclic) bond motifs is 3. The number of halogens is 3. The van der Waals surface area contributed by atoms with Crippen LogP contribution in [0.1, 0.15) is 44.1 Å². The number of nitrogens with two attached hydrogens (primary N) is 1. The van der Waals surface area contributed by atoms with Crippen molar-refractivity contribution >= 4 is 5.91 Å². The number of alkyl halides is 2. The first-order chi connectivity index (χ1) is 14.3. The molecule has 1 aromatic rings. The third kappa shape index (κ3) is 4.64. The van der Waals surface area contributed by atoms with Crippen molar-refractivity contribution in [2.24, 2.45) is 11.1 Å². The number of aliphatic hydroxyl groups is 1. The van der Waals surface area contributed by atoms with Crippen molar-refractivity contribution in [3.05, 3.63) is 41.7 Å². The van der Waals surface area contributed by atoms with E-state index in [0.29, 0.717) is 36.9 Å². The van der Waals surface area contributed by atoms with E-state index in [-0.39, 0.29) is 24.5 Å². The largest absolute Gasteiger partial charge is 0.489 e. The lowest BCUT2D eigenvalue weighted by Gasteiger charge is -2.52. The first kappa shape index (κ1) is 22.6. The number of ether oxygens (including phenoxy) is 1. The van der Waals surface area contributed by atoms with Gasteiger partial charge in [0, 0.05) is 17.5 Å². The van der Waals surface area contributed by atoms with Gasteiger partial charge >= 0.3 is 0 Å². The highest BCUT2D eigenvalue weighted by Crippen LogP contribution is 2.57. The Balaban J connectivity index is 1.60. The summed E-state index contributed by atoms with van der Waals surface area (Å²) in [6, 6.07) is 7.74. The number of hydrogen-bond donors (Lipinski definition) is 3. The van der Waals surface area contributed by atoms with Crippen LogP contribution in [-0.2, 0) is 10.2 Å². The maximum absolute atomic E-state index is 13.3. The molecule has 0 unspecified atom stereocenters. The quantitative estimate of drug-likeness (QED) is 0.566. The molecule has 0 radical (unpaired) electrons. The molecule has 30 heavy (non-hydrogen) atoms. The van der Waals surface area contributed by atoms with Crippen LogP contribution in [0.4, 0.5) is 13.2 Å². The molecule has 3 aliphatic carbocycles. The molecule has 0 aliphatic heterocycles. The summed E-state index contributed by atoms with van der Waals surface area (Å²) in [4.78, 5) is 12.6. The second-order valence-corrected chi connectivity index (χ2v) is 8.54. The van der Waals surface area contributed by atoms with Crippen molar-refractivity contribution in [2.75, 3.05) is 26.3 Å². The lowest BCUT2D eigenvalue weighted by Crippen LogP contribution is -2.53. The van der Waals surface area contributed by atoms with Crippen LogP contribution < -0.4 is 15.8 Å². The molecule has 1 aromatic carbocycles. The van der Waals surface area contributed by atoms with Crippen LogP contribution in [0.2, 0.25) is 0 Å². The first-order valence-corrected chi connectivity index (χ1v) is 10.3. The van der Waals surface area contributed by atoms with Crippen molar-refractivity contribution in [1.82, 2.24) is 5.32 Å². The van der Waals surface area contributed by atoms with Gasteiger partial charge < -0.3 is 20.9 Å². The molecule has 4 N–H and O–H groups in total. The number of aliphatic hydroxyl groups excluding tert-OH is 1. The van der Waals surface area contributed by atoms with Gasteiger partial charge in [-0.3, -0.25) is 4.79 Å². The molecule has 3 fully saturated rings. The minimum atomic E-state index is -3.30. The molecule has 8 heteroatoms. The lowest BCUT2D eigenvalue weighted by molar-refractivity contribution is -0.140. The third-order valence-electron chi connectivity index (χ3n) is 6.77. The smallest absolute Gasteiger partial charge is 0.287 e. The van der Waals surface area contributed by atoms with Gasteiger partial charge in [0.25, 0.3) is 5.92 Å². The molecule has 2 bridgehead atoms. The molecule has 1 amide bonds. The van der Waals surface area contributed by atoms with Crippen molar-refractivity contribution in [3.63, 3.8) is 0 Å². The molecule has 166 valence electrons. The Morgan fingerprint density at radius 1 is 1.17 bits per heavy atom. The van der Waals surface area contributed by atoms with Crippen molar-refractivity contribution in [1.29, 1.82) is 0 Å². The Bertz CT molecular complexity index is 756.